The van der Waals surface area contributed by atoms with Crippen molar-refractivity contribution in [2.24, 2.45) is 0 Å². The first-order valence-corrected chi connectivity index (χ1v) is 7.28. The van der Waals surface area contributed by atoms with E-state index in [0.29, 0.717) is 11.0 Å². The van der Waals surface area contributed by atoms with E-state index in [1.54, 1.807) is 0 Å². The molecule has 106 valence electrons. The second-order valence-corrected chi connectivity index (χ2v) is 5.48. The minimum Gasteiger partial charge on any atom is -0.337 e. The third kappa shape index (κ3) is 2.68. The number of aromatic nitrogens is 4. The standard InChI is InChI=1S/C11H14N6O2S/c1-2-7-15-16-11(20-7)14-9(18)8-13-10(19-17-8)6-4-3-5-12-6/h6,12H,2-5H2,1H3,(H,14,16,18). The topological polar surface area (TPSA) is 106 Å². The van der Waals surface area contributed by atoms with Gasteiger partial charge in [-0.3, -0.25) is 10.1 Å². The van der Waals surface area contributed by atoms with Crippen LogP contribution in [0.5, 0.6) is 0 Å². The fourth-order valence-corrected chi connectivity index (χ4v) is 2.64. The molecule has 1 aliphatic heterocycles. The maximum Gasteiger partial charge on any atom is 0.298 e. The lowest BCUT2D eigenvalue weighted by atomic mass is 10.2. The van der Waals surface area contributed by atoms with Gasteiger partial charge in [-0.2, -0.15) is 4.98 Å². The van der Waals surface area contributed by atoms with Crippen LogP contribution in [-0.2, 0) is 6.42 Å². The van der Waals surface area contributed by atoms with Gasteiger partial charge in [-0.15, -0.1) is 10.2 Å². The number of carbonyl (C=O) groups excluding carboxylic acids is 1. The van der Waals surface area contributed by atoms with Crippen molar-refractivity contribution in [2.45, 2.75) is 32.2 Å². The van der Waals surface area contributed by atoms with Crippen molar-refractivity contribution in [3.8, 4) is 0 Å². The number of anilines is 1. The highest BCUT2D eigenvalue weighted by molar-refractivity contribution is 7.15. The molecule has 0 aromatic carbocycles. The van der Waals surface area contributed by atoms with Gasteiger partial charge in [0.25, 0.3) is 11.7 Å². The molecule has 1 saturated heterocycles. The Balaban J connectivity index is 1.67. The van der Waals surface area contributed by atoms with Crippen LogP contribution in [0.1, 0.15) is 47.3 Å². The second kappa shape index (κ2) is 5.63. The number of nitrogens with zero attached hydrogens (tertiary/aromatic N) is 4. The average molecular weight is 294 g/mol. The Morgan fingerprint density at radius 2 is 2.45 bits per heavy atom. The molecule has 1 unspecified atom stereocenters. The van der Waals surface area contributed by atoms with E-state index >= 15 is 0 Å². The van der Waals surface area contributed by atoms with Gasteiger partial charge in [-0.1, -0.05) is 23.4 Å². The Morgan fingerprint density at radius 1 is 1.55 bits per heavy atom. The molecular weight excluding hydrogens is 280 g/mol. The molecule has 0 radical (unpaired) electrons. The zero-order valence-electron chi connectivity index (χ0n) is 10.9. The molecule has 0 saturated carbocycles. The maximum atomic E-state index is 12.0. The van der Waals surface area contributed by atoms with E-state index in [9.17, 15) is 4.79 Å². The lowest BCUT2D eigenvalue weighted by Gasteiger charge is -2.01. The summed E-state index contributed by atoms with van der Waals surface area (Å²) in [7, 11) is 0. The van der Waals surface area contributed by atoms with Gasteiger partial charge in [0.1, 0.15) is 5.01 Å². The lowest BCUT2D eigenvalue weighted by molar-refractivity contribution is 0.101. The van der Waals surface area contributed by atoms with E-state index < -0.39 is 5.91 Å². The zero-order valence-corrected chi connectivity index (χ0v) is 11.7. The van der Waals surface area contributed by atoms with Crippen molar-refractivity contribution < 1.29 is 9.32 Å². The van der Waals surface area contributed by atoms with Gasteiger partial charge in [0.05, 0.1) is 6.04 Å². The van der Waals surface area contributed by atoms with Crippen LogP contribution in [0.15, 0.2) is 4.52 Å². The average Bonchev–Trinajstić information content (AvgIpc) is 3.19. The van der Waals surface area contributed by atoms with Gasteiger partial charge in [-0.25, -0.2) is 0 Å². The van der Waals surface area contributed by atoms with E-state index in [1.807, 2.05) is 6.92 Å². The van der Waals surface area contributed by atoms with E-state index in [4.69, 9.17) is 4.52 Å². The van der Waals surface area contributed by atoms with Crippen LogP contribution in [0.2, 0.25) is 0 Å². The third-order valence-electron chi connectivity index (χ3n) is 2.99. The summed E-state index contributed by atoms with van der Waals surface area (Å²) in [6, 6.07) is 0.0530. The summed E-state index contributed by atoms with van der Waals surface area (Å²) >= 11 is 1.34. The fourth-order valence-electron chi connectivity index (χ4n) is 1.96. The largest absolute Gasteiger partial charge is 0.337 e. The summed E-state index contributed by atoms with van der Waals surface area (Å²) in [6.45, 7) is 2.91. The smallest absolute Gasteiger partial charge is 0.298 e. The van der Waals surface area contributed by atoms with Crippen molar-refractivity contribution >= 4 is 22.4 Å². The number of nitrogens with one attached hydrogen (secondary N) is 2. The molecule has 1 fully saturated rings. The van der Waals surface area contributed by atoms with Gasteiger partial charge in [0, 0.05) is 0 Å². The number of hydrogen-bond acceptors (Lipinski definition) is 8. The zero-order chi connectivity index (χ0) is 13.9. The molecule has 3 rings (SSSR count). The number of aryl methyl sites for hydroxylation is 1. The molecule has 20 heavy (non-hydrogen) atoms. The first-order valence-electron chi connectivity index (χ1n) is 6.47. The highest BCUT2D eigenvalue weighted by Gasteiger charge is 2.24. The Labute approximate surface area is 119 Å². The van der Waals surface area contributed by atoms with Crippen LogP contribution in [-0.4, -0.2) is 32.8 Å². The second-order valence-electron chi connectivity index (χ2n) is 4.41. The number of amides is 1. The molecule has 1 aliphatic rings. The number of hydrogen-bond donors (Lipinski definition) is 2. The Morgan fingerprint density at radius 3 is 3.15 bits per heavy atom. The molecule has 2 aromatic heterocycles. The van der Waals surface area contributed by atoms with E-state index in [0.717, 1.165) is 30.8 Å². The molecule has 0 aliphatic carbocycles. The van der Waals surface area contributed by atoms with Crippen LogP contribution in [0.3, 0.4) is 0 Å². The number of rotatable bonds is 4. The van der Waals surface area contributed by atoms with Gasteiger partial charge < -0.3 is 9.84 Å². The molecule has 1 amide bonds. The number of carbonyl (C=O) groups is 1. The van der Waals surface area contributed by atoms with Crippen molar-refractivity contribution in [3.05, 3.63) is 16.7 Å². The van der Waals surface area contributed by atoms with E-state index in [-0.39, 0.29) is 11.9 Å². The van der Waals surface area contributed by atoms with Crippen LogP contribution in [0, 0.1) is 0 Å². The summed E-state index contributed by atoms with van der Waals surface area (Å²) in [5.41, 5.74) is 0. The predicted octanol–water partition coefficient (Wildman–Crippen LogP) is 1.16. The minimum atomic E-state index is -0.434. The highest BCUT2D eigenvalue weighted by atomic mass is 32.1. The molecule has 0 bridgehead atoms. The SMILES string of the molecule is CCc1nnc(NC(=O)c2noc(C3CCCN3)n2)s1. The normalized spacial score (nSPS) is 18.4. The van der Waals surface area contributed by atoms with Crippen LogP contribution in [0.25, 0.3) is 0 Å². The molecule has 2 N–H and O–H groups in total. The van der Waals surface area contributed by atoms with Crippen molar-refractivity contribution in [3.63, 3.8) is 0 Å². The molecule has 1 atom stereocenters. The molecule has 9 heteroatoms. The van der Waals surface area contributed by atoms with Gasteiger partial charge in [-0.05, 0) is 25.8 Å². The highest BCUT2D eigenvalue weighted by Crippen LogP contribution is 2.21. The predicted molar refractivity (Wildman–Crippen MR) is 71.5 cm³/mol. The van der Waals surface area contributed by atoms with E-state index in [1.165, 1.54) is 11.3 Å². The summed E-state index contributed by atoms with van der Waals surface area (Å²) in [4.78, 5) is 16.1. The van der Waals surface area contributed by atoms with Crippen molar-refractivity contribution in [1.82, 2.24) is 25.7 Å². The molecule has 3 heterocycles. The monoisotopic (exact) mass is 294 g/mol. The summed E-state index contributed by atoms with van der Waals surface area (Å²) < 4.78 is 5.12. The fraction of sp³-hybridized carbons (Fsp3) is 0.545. The molecule has 2 aromatic rings. The van der Waals surface area contributed by atoms with E-state index in [2.05, 4.69) is 31.0 Å². The quantitative estimate of drug-likeness (QED) is 0.871. The first kappa shape index (κ1) is 13.1. The Kier molecular flexibility index (Phi) is 3.70. The lowest BCUT2D eigenvalue weighted by Crippen LogP contribution is -2.15. The Bertz CT molecular complexity index is 604. The summed E-state index contributed by atoms with van der Waals surface area (Å²) in [5, 5.41) is 18.7. The van der Waals surface area contributed by atoms with Crippen LogP contribution in [0.4, 0.5) is 5.13 Å². The van der Waals surface area contributed by atoms with Crippen LogP contribution < -0.4 is 10.6 Å². The molecular formula is C11H14N6O2S. The first-order chi connectivity index (χ1) is 9.76. The minimum absolute atomic E-state index is 0.0157. The van der Waals surface area contributed by atoms with Gasteiger partial charge in [0.15, 0.2) is 0 Å². The van der Waals surface area contributed by atoms with Crippen LogP contribution >= 0.6 is 11.3 Å². The van der Waals surface area contributed by atoms with Gasteiger partial charge >= 0.3 is 0 Å². The molecule has 0 spiro atoms. The van der Waals surface area contributed by atoms with Crippen molar-refractivity contribution in [2.75, 3.05) is 11.9 Å². The molecule has 8 nitrogen and oxygen atoms in total. The maximum absolute atomic E-state index is 12.0. The third-order valence-corrected chi connectivity index (χ3v) is 3.98. The van der Waals surface area contributed by atoms with Crippen molar-refractivity contribution in [1.29, 1.82) is 0 Å². The summed E-state index contributed by atoms with van der Waals surface area (Å²) in [5.74, 6) is 0.0397. The van der Waals surface area contributed by atoms with Gasteiger partial charge in [0.2, 0.25) is 11.0 Å². The summed E-state index contributed by atoms with van der Waals surface area (Å²) in [6.07, 6.45) is 2.80. The Hall–Kier alpha value is -1.87.